The number of nitrogens with zero attached hydrogens (tertiary/aromatic N) is 1. The van der Waals surface area contributed by atoms with E-state index in [1.54, 1.807) is 18.2 Å². The maximum atomic E-state index is 12.2. The third kappa shape index (κ3) is 4.11. The van der Waals surface area contributed by atoms with Crippen molar-refractivity contribution >= 4 is 56.8 Å². The molecule has 0 aliphatic heterocycles. The van der Waals surface area contributed by atoms with E-state index in [1.165, 1.54) is 12.1 Å². The lowest BCUT2D eigenvalue weighted by molar-refractivity contribution is -0.112. The molecule has 0 fully saturated rings. The van der Waals surface area contributed by atoms with Gasteiger partial charge in [-0.25, -0.2) is 0 Å². The smallest absolute Gasteiger partial charge is 0.266 e. The van der Waals surface area contributed by atoms with Gasteiger partial charge in [0.05, 0.1) is 10.7 Å². The number of benzene rings is 2. The van der Waals surface area contributed by atoms with Gasteiger partial charge < -0.3 is 5.32 Å². The van der Waals surface area contributed by atoms with E-state index in [9.17, 15) is 10.1 Å². The predicted molar refractivity (Wildman–Crippen MR) is 92.8 cm³/mol. The summed E-state index contributed by atoms with van der Waals surface area (Å²) in [4.78, 5) is 12.2. The van der Waals surface area contributed by atoms with E-state index in [0.717, 1.165) is 10.0 Å². The molecule has 0 saturated heterocycles. The number of carbonyl (C=O) groups is 1. The Labute approximate surface area is 146 Å². The van der Waals surface area contributed by atoms with Crippen LogP contribution in [0.1, 0.15) is 5.56 Å². The van der Waals surface area contributed by atoms with Gasteiger partial charge in [-0.1, -0.05) is 57.3 Å². The second-order valence-electron chi connectivity index (χ2n) is 4.27. The van der Waals surface area contributed by atoms with E-state index in [-0.39, 0.29) is 5.57 Å². The number of rotatable bonds is 3. The second-order valence-corrected chi connectivity index (χ2v) is 5.97. The third-order valence-corrected chi connectivity index (χ3v) is 4.02. The number of hydrogen-bond donors (Lipinski definition) is 1. The van der Waals surface area contributed by atoms with Crippen molar-refractivity contribution in [1.29, 1.82) is 5.26 Å². The standard InChI is InChI=1S/C16H9BrCl2N2O/c17-13-4-2-1-3-10(13)7-11(9-20)16(22)21-15-6-5-12(18)8-14(15)19/h1-8H,(H,21,22)/b11-7+. The molecular weight excluding hydrogens is 387 g/mol. The number of halogens is 3. The van der Waals surface area contributed by atoms with Crippen LogP contribution in [0.2, 0.25) is 10.0 Å². The molecule has 0 atom stereocenters. The molecule has 0 spiro atoms. The average molecular weight is 396 g/mol. The molecule has 22 heavy (non-hydrogen) atoms. The summed E-state index contributed by atoms with van der Waals surface area (Å²) in [6, 6.07) is 13.9. The van der Waals surface area contributed by atoms with Crippen LogP contribution in [-0.4, -0.2) is 5.91 Å². The first-order valence-corrected chi connectivity index (χ1v) is 7.69. The molecular formula is C16H9BrCl2N2O. The van der Waals surface area contributed by atoms with E-state index in [0.29, 0.717) is 15.7 Å². The Morgan fingerprint density at radius 3 is 2.59 bits per heavy atom. The Morgan fingerprint density at radius 1 is 1.23 bits per heavy atom. The molecule has 2 aromatic carbocycles. The zero-order valence-corrected chi connectivity index (χ0v) is 14.2. The van der Waals surface area contributed by atoms with Gasteiger partial charge in [0.25, 0.3) is 5.91 Å². The quantitative estimate of drug-likeness (QED) is 0.566. The monoisotopic (exact) mass is 394 g/mol. The largest absolute Gasteiger partial charge is 0.320 e. The first kappa shape index (κ1) is 16.6. The van der Waals surface area contributed by atoms with Crippen LogP contribution >= 0.6 is 39.1 Å². The number of nitrogens with one attached hydrogen (secondary N) is 1. The van der Waals surface area contributed by atoms with Gasteiger partial charge in [0, 0.05) is 9.50 Å². The Balaban J connectivity index is 2.27. The second kappa shape index (κ2) is 7.46. The molecule has 0 aliphatic rings. The van der Waals surface area contributed by atoms with Crippen molar-refractivity contribution in [2.24, 2.45) is 0 Å². The Morgan fingerprint density at radius 2 is 1.95 bits per heavy atom. The molecule has 0 radical (unpaired) electrons. The zero-order chi connectivity index (χ0) is 16.1. The minimum absolute atomic E-state index is 0.0297. The van der Waals surface area contributed by atoms with Gasteiger partial charge in [0.15, 0.2) is 0 Å². The van der Waals surface area contributed by atoms with Gasteiger partial charge in [-0.3, -0.25) is 4.79 Å². The lowest BCUT2D eigenvalue weighted by Gasteiger charge is -2.07. The minimum Gasteiger partial charge on any atom is -0.320 e. The van der Waals surface area contributed by atoms with Crippen LogP contribution in [0.5, 0.6) is 0 Å². The molecule has 1 N–H and O–H groups in total. The van der Waals surface area contributed by atoms with Crippen LogP contribution < -0.4 is 5.32 Å². The summed E-state index contributed by atoms with van der Waals surface area (Å²) >= 11 is 15.2. The van der Waals surface area contributed by atoms with Gasteiger partial charge in [0.2, 0.25) is 0 Å². The Kier molecular flexibility index (Phi) is 5.62. The average Bonchev–Trinajstić information content (AvgIpc) is 2.49. The summed E-state index contributed by atoms with van der Waals surface area (Å²) in [6.07, 6.45) is 1.50. The summed E-state index contributed by atoms with van der Waals surface area (Å²) in [5.74, 6) is -0.539. The lowest BCUT2D eigenvalue weighted by Crippen LogP contribution is -2.13. The van der Waals surface area contributed by atoms with E-state index >= 15 is 0 Å². The first-order valence-electron chi connectivity index (χ1n) is 6.14. The molecule has 0 aromatic heterocycles. The predicted octanol–water partition coefficient (Wildman–Crippen LogP) is 5.30. The van der Waals surface area contributed by atoms with Crippen molar-refractivity contribution in [1.82, 2.24) is 0 Å². The highest BCUT2D eigenvalue weighted by Crippen LogP contribution is 2.26. The summed E-state index contributed by atoms with van der Waals surface area (Å²) in [5, 5.41) is 12.6. The third-order valence-electron chi connectivity index (χ3n) is 2.75. The van der Waals surface area contributed by atoms with Gasteiger partial charge >= 0.3 is 0 Å². The Hall–Kier alpha value is -1.80. The van der Waals surface area contributed by atoms with Gasteiger partial charge in [-0.15, -0.1) is 0 Å². The zero-order valence-electron chi connectivity index (χ0n) is 11.1. The first-order chi connectivity index (χ1) is 10.5. The number of carbonyl (C=O) groups excluding carboxylic acids is 1. The van der Waals surface area contributed by atoms with E-state index in [2.05, 4.69) is 21.2 Å². The van der Waals surface area contributed by atoms with E-state index < -0.39 is 5.91 Å². The molecule has 0 heterocycles. The number of anilines is 1. The van der Waals surface area contributed by atoms with Crippen molar-refractivity contribution in [2.45, 2.75) is 0 Å². The van der Waals surface area contributed by atoms with Crippen molar-refractivity contribution < 1.29 is 4.79 Å². The fraction of sp³-hybridized carbons (Fsp3) is 0. The maximum Gasteiger partial charge on any atom is 0.266 e. The number of nitriles is 1. The van der Waals surface area contributed by atoms with Crippen LogP contribution in [-0.2, 0) is 4.79 Å². The number of amides is 1. The van der Waals surface area contributed by atoms with Crippen LogP contribution in [0.25, 0.3) is 6.08 Å². The minimum atomic E-state index is -0.539. The van der Waals surface area contributed by atoms with Gasteiger partial charge in [-0.05, 0) is 35.9 Å². The SMILES string of the molecule is N#C/C(=C\c1ccccc1Br)C(=O)Nc1ccc(Cl)cc1Cl. The summed E-state index contributed by atoms with van der Waals surface area (Å²) in [5.41, 5.74) is 1.10. The molecule has 3 nitrogen and oxygen atoms in total. The Bertz CT molecular complexity index is 797. The van der Waals surface area contributed by atoms with Crippen molar-refractivity contribution in [3.8, 4) is 6.07 Å². The van der Waals surface area contributed by atoms with Crippen LogP contribution in [0.15, 0.2) is 52.5 Å². The van der Waals surface area contributed by atoms with Crippen molar-refractivity contribution in [3.05, 3.63) is 68.1 Å². The van der Waals surface area contributed by atoms with Gasteiger partial charge in [0.1, 0.15) is 11.6 Å². The molecule has 0 unspecified atom stereocenters. The molecule has 110 valence electrons. The molecule has 0 saturated carbocycles. The topological polar surface area (TPSA) is 52.9 Å². The highest BCUT2D eigenvalue weighted by Gasteiger charge is 2.12. The summed E-state index contributed by atoms with van der Waals surface area (Å²) in [7, 11) is 0. The van der Waals surface area contributed by atoms with E-state index in [4.69, 9.17) is 23.2 Å². The lowest BCUT2D eigenvalue weighted by atomic mass is 10.1. The van der Waals surface area contributed by atoms with Crippen molar-refractivity contribution in [3.63, 3.8) is 0 Å². The molecule has 2 rings (SSSR count). The fourth-order valence-corrected chi connectivity index (χ4v) is 2.53. The van der Waals surface area contributed by atoms with Crippen LogP contribution in [0.3, 0.4) is 0 Å². The summed E-state index contributed by atoms with van der Waals surface area (Å²) in [6.45, 7) is 0. The molecule has 2 aromatic rings. The highest BCUT2D eigenvalue weighted by atomic mass is 79.9. The molecule has 0 aliphatic carbocycles. The maximum absolute atomic E-state index is 12.2. The highest BCUT2D eigenvalue weighted by molar-refractivity contribution is 9.10. The van der Waals surface area contributed by atoms with Crippen molar-refractivity contribution in [2.75, 3.05) is 5.32 Å². The molecule has 0 bridgehead atoms. The normalized spacial score (nSPS) is 10.9. The van der Waals surface area contributed by atoms with Crippen LogP contribution in [0, 0.1) is 11.3 Å². The van der Waals surface area contributed by atoms with Crippen LogP contribution in [0.4, 0.5) is 5.69 Å². The fourth-order valence-electron chi connectivity index (χ4n) is 1.68. The molecule has 1 amide bonds. The molecule has 6 heteroatoms. The summed E-state index contributed by atoms with van der Waals surface area (Å²) < 4.78 is 0.792. The number of hydrogen-bond acceptors (Lipinski definition) is 2. The van der Waals surface area contributed by atoms with E-state index in [1.807, 2.05) is 24.3 Å². The van der Waals surface area contributed by atoms with Gasteiger partial charge in [-0.2, -0.15) is 5.26 Å².